The van der Waals surface area contributed by atoms with Crippen molar-refractivity contribution in [3.63, 3.8) is 0 Å². The highest BCUT2D eigenvalue weighted by molar-refractivity contribution is 5.98. The van der Waals surface area contributed by atoms with Crippen molar-refractivity contribution in [2.24, 2.45) is 0 Å². The zero-order chi connectivity index (χ0) is 31.7. The molecule has 3 saturated heterocycles. The van der Waals surface area contributed by atoms with Gasteiger partial charge < -0.3 is 37.6 Å². The molecule has 0 aromatic heterocycles. The van der Waals surface area contributed by atoms with Gasteiger partial charge in [0.1, 0.15) is 0 Å². The van der Waals surface area contributed by atoms with Crippen molar-refractivity contribution in [1.82, 2.24) is 10.6 Å². The summed E-state index contributed by atoms with van der Waals surface area (Å²) in [6, 6.07) is 20.6. The summed E-state index contributed by atoms with van der Waals surface area (Å²) in [4.78, 5) is 28.4. The van der Waals surface area contributed by atoms with Crippen LogP contribution in [-0.4, -0.2) is 37.0 Å². The van der Waals surface area contributed by atoms with Crippen LogP contribution in [-0.2, 0) is 15.0 Å². The van der Waals surface area contributed by atoms with E-state index in [0.717, 1.165) is 68.4 Å². The van der Waals surface area contributed by atoms with E-state index in [-0.39, 0.29) is 41.4 Å². The number of nitrogens with zero attached hydrogens (tertiary/aromatic N) is 1. The minimum Gasteiger partial charge on any atom is -0.397 e. The number of carbonyl (C=O) groups is 2. The van der Waals surface area contributed by atoms with Gasteiger partial charge in [0.05, 0.1) is 46.9 Å². The highest BCUT2D eigenvalue weighted by Gasteiger charge is 2.36. The number of benzene rings is 3. The predicted octanol–water partition coefficient (Wildman–Crippen LogP) is 5.61. The first-order valence-corrected chi connectivity index (χ1v) is 16.3. The number of nitrogens with one attached hydrogen (secondary N) is 4. The number of nitrogens with two attached hydrogens (primary N) is 2. The van der Waals surface area contributed by atoms with Crippen molar-refractivity contribution in [1.29, 1.82) is 0 Å². The van der Waals surface area contributed by atoms with Crippen molar-refractivity contribution in [2.75, 3.05) is 40.1 Å². The molecule has 9 heteroatoms. The van der Waals surface area contributed by atoms with E-state index in [2.05, 4.69) is 83.3 Å². The second-order valence-corrected chi connectivity index (χ2v) is 13.8. The summed E-state index contributed by atoms with van der Waals surface area (Å²) in [6.45, 7) is 8.38. The van der Waals surface area contributed by atoms with E-state index in [9.17, 15) is 9.59 Å². The van der Waals surface area contributed by atoms with E-state index in [0.29, 0.717) is 22.7 Å². The van der Waals surface area contributed by atoms with Crippen LogP contribution in [0.3, 0.4) is 0 Å². The molecule has 0 saturated carbocycles. The average Bonchev–Trinajstić information content (AvgIpc) is 3.82. The highest BCUT2D eigenvalue weighted by atomic mass is 16.2. The Bertz CT molecular complexity index is 1450. The SMILES string of the molecule is CC(C)(C)c1ccc(N2C(c3ccc(N)c(NC(=O)C4CCCN4)c3)CCC2c2ccc(N)c(NC(=O)C3CCCN3)c2)cc1. The molecule has 3 aromatic carbocycles. The predicted molar refractivity (Wildman–Crippen MR) is 183 cm³/mol. The highest BCUT2D eigenvalue weighted by Crippen LogP contribution is 2.48. The van der Waals surface area contributed by atoms with Gasteiger partial charge in [0.15, 0.2) is 0 Å². The quantitative estimate of drug-likeness (QED) is 0.192. The number of hydrogen-bond donors (Lipinski definition) is 6. The third kappa shape index (κ3) is 6.65. The molecule has 9 nitrogen and oxygen atoms in total. The van der Waals surface area contributed by atoms with E-state index in [1.807, 2.05) is 24.3 Å². The van der Waals surface area contributed by atoms with Gasteiger partial charge in [-0.15, -0.1) is 0 Å². The van der Waals surface area contributed by atoms with E-state index >= 15 is 0 Å². The lowest BCUT2D eigenvalue weighted by Gasteiger charge is -2.34. The first kappa shape index (κ1) is 30.9. The molecule has 3 aliphatic rings. The molecular formula is C36H47N7O2. The lowest BCUT2D eigenvalue weighted by Crippen LogP contribution is -2.35. The Balaban J connectivity index is 1.33. The monoisotopic (exact) mass is 609 g/mol. The number of nitrogen functional groups attached to an aromatic ring is 2. The Hall–Kier alpha value is -4.08. The Morgan fingerprint density at radius 3 is 1.58 bits per heavy atom. The summed E-state index contributed by atoms with van der Waals surface area (Å²) in [5, 5.41) is 12.7. The van der Waals surface area contributed by atoms with Crippen molar-refractivity contribution >= 4 is 40.3 Å². The van der Waals surface area contributed by atoms with Crippen LogP contribution in [0.1, 0.15) is 88.1 Å². The molecule has 0 spiro atoms. The fourth-order valence-electron chi connectivity index (χ4n) is 6.99. The molecule has 3 fully saturated rings. The normalized spacial score (nSPS) is 23.3. The van der Waals surface area contributed by atoms with Crippen molar-refractivity contribution in [3.8, 4) is 0 Å². The van der Waals surface area contributed by atoms with Crippen LogP contribution in [0.2, 0.25) is 0 Å². The third-order valence-electron chi connectivity index (χ3n) is 9.61. The average molecular weight is 610 g/mol. The van der Waals surface area contributed by atoms with Crippen molar-refractivity contribution in [3.05, 3.63) is 77.4 Å². The lowest BCUT2D eigenvalue weighted by molar-refractivity contribution is -0.118. The molecule has 8 N–H and O–H groups in total. The second kappa shape index (κ2) is 12.7. The van der Waals surface area contributed by atoms with E-state index in [4.69, 9.17) is 11.5 Å². The van der Waals surface area contributed by atoms with Crippen LogP contribution in [0.4, 0.5) is 28.4 Å². The lowest BCUT2D eigenvalue weighted by atomic mass is 9.87. The summed E-state index contributed by atoms with van der Waals surface area (Å²) >= 11 is 0. The fraction of sp³-hybridized carbons (Fsp3) is 0.444. The van der Waals surface area contributed by atoms with Crippen LogP contribution >= 0.6 is 0 Å². The largest absolute Gasteiger partial charge is 0.397 e. The van der Waals surface area contributed by atoms with E-state index in [1.54, 1.807) is 0 Å². The molecule has 6 rings (SSSR count). The number of hydrogen-bond acceptors (Lipinski definition) is 7. The van der Waals surface area contributed by atoms with Gasteiger partial charge in [-0.05, 0) is 110 Å². The van der Waals surface area contributed by atoms with Crippen molar-refractivity contribution < 1.29 is 9.59 Å². The minimum absolute atomic E-state index is 0.0405. The summed E-state index contributed by atoms with van der Waals surface area (Å²) in [5.41, 5.74) is 19.8. The van der Waals surface area contributed by atoms with Gasteiger partial charge in [0, 0.05) is 5.69 Å². The summed E-state index contributed by atoms with van der Waals surface area (Å²) in [5.74, 6) is -0.0842. The maximum Gasteiger partial charge on any atom is 0.241 e. The maximum atomic E-state index is 13.0. The van der Waals surface area contributed by atoms with Crippen LogP contribution in [0.5, 0.6) is 0 Å². The molecular weight excluding hydrogens is 562 g/mol. The van der Waals surface area contributed by atoms with Crippen LogP contribution in [0.15, 0.2) is 60.7 Å². The zero-order valence-corrected chi connectivity index (χ0v) is 26.7. The Kier molecular flexibility index (Phi) is 8.75. The summed E-state index contributed by atoms with van der Waals surface area (Å²) in [7, 11) is 0. The van der Waals surface area contributed by atoms with E-state index < -0.39 is 0 Å². The zero-order valence-electron chi connectivity index (χ0n) is 26.7. The third-order valence-corrected chi connectivity index (χ3v) is 9.61. The number of anilines is 5. The van der Waals surface area contributed by atoms with Crippen LogP contribution < -0.4 is 37.6 Å². The number of amides is 2. The molecule has 3 heterocycles. The van der Waals surface area contributed by atoms with Gasteiger partial charge >= 0.3 is 0 Å². The molecule has 0 radical (unpaired) electrons. The first-order valence-electron chi connectivity index (χ1n) is 16.3. The molecule has 0 bridgehead atoms. The molecule has 0 aliphatic carbocycles. The molecule has 238 valence electrons. The number of carbonyl (C=O) groups excluding carboxylic acids is 2. The Morgan fingerprint density at radius 2 is 1.18 bits per heavy atom. The van der Waals surface area contributed by atoms with Gasteiger partial charge in [0.2, 0.25) is 11.8 Å². The fourth-order valence-corrected chi connectivity index (χ4v) is 6.99. The van der Waals surface area contributed by atoms with Gasteiger partial charge in [-0.3, -0.25) is 9.59 Å². The van der Waals surface area contributed by atoms with Gasteiger partial charge in [-0.2, -0.15) is 0 Å². The second-order valence-electron chi connectivity index (χ2n) is 13.8. The topological polar surface area (TPSA) is 138 Å². The Labute approximate surface area is 266 Å². The first-order chi connectivity index (χ1) is 21.6. The van der Waals surface area contributed by atoms with Crippen LogP contribution in [0.25, 0.3) is 0 Å². The van der Waals surface area contributed by atoms with Gasteiger partial charge in [-0.25, -0.2) is 0 Å². The summed E-state index contributed by atoms with van der Waals surface area (Å²) in [6.07, 6.45) is 5.46. The Morgan fingerprint density at radius 1 is 0.711 bits per heavy atom. The van der Waals surface area contributed by atoms with Crippen LogP contribution in [0, 0.1) is 0 Å². The molecule has 4 atom stereocenters. The molecule has 3 aromatic rings. The molecule has 45 heavy (non-hydrogen) atoms. The minimum atomic E-state index is -0.189. The maximum absolute atomic E-state index is 13.0. The molecule has 4 unspecified atom stereocenters. The molecule has 3 aliphatic heterocycles. The van der Waals surface area contributed by atoms with Crippen molar-refractivity contribution in [2.45, 2.75) is 88.9 Å². The number of rotatable bonds is 7. The van der Waals surface area contributed by atoms with E-state index in [1.165, 1.54) is 5.56 Å². The standard InChI is InChI=1S/C36H47N7O2/c1-36(2,3)24-10-12-25(13-11-24)43-32(22-8-14-26(37)30(20-22)41-34(44)28-6-4-18-39-28)16-17-33(43)23-9-15-27(38)31(21-23)42-35(45)29-7-5-19-40-29/h8-15,20-21,28-29,32-33,39-40H,4-7,16-19,37-38H2,1-3H3,(H,41,44)(H,42,45). The summed E-state index contributed by atoms with van der Waals surface area (Å²) < 4.78 is 0. The van der Waals surface area contributed by atoms with Gasteiger partial charge in [-0.1, -0.05) is 45.0 Å². The smallest absolute Gasteiger partial charge is 0.241 e. The van der Waals surface area contributed by atoms with Gasteiger partial charge in [0.25, 0.3) is 0 Å². The molecule has 2 amide bonds.